The molecule has 0 spiro atoms. The van der Waals surface area contributed by atoms with Crippen molar-refractivity contribution >= 4 is 22.5 Å². The number of benzene rings is 1. The monoisotopic (exact) mass is 205 g/mol. The number of fused-ring (bicyclic) bond motifs is 1. The number of alkyl halides is 1. The molecule has 0 saturated heterocycles. The van der Waals surface area contributed by atoms with Crippen LogP contribution in [0, 0.1) is 0 Å². The SMILES string of the molecule is C[C@H](CCl)c1ccnc2ccccc12. The van der Waals surface area contributed by atoms with Crippen molar-refractivity contribution in [3.63, 3.8) is 0 Å². The summed E-state index contributed by atoms with van der Waals surface area (Å²) in [5, 5.41) is 1.21. The Kier molecular flexibility index (Phi) is 2.69. The normalized spacial score (nSPS) is 13.0. The van der Waals surface area contributed by atoms with Gasteiger partial charge in [0.05, 0.1) is 5.52 Å². The molecule has 1 aromatic heterocycles. The number of pyridine rings is 1. The highest BCUT2D eigenvalue weighted by molar-refractivity contribution is 6.18. The minimum Gasteiger partial charge on any atom is -0.256 e. The van der Waals surface area contributed by atoms with E-state index in [0.29, 0.717) is 11.8 Å². The van der Waals surface area contributed by atoms with E-state index >= 15 is 0 Å². The van der Waals surface area contributed by atoms with Gasteiger partial charge in [-0.25, -0.2) is 0 Å². The molecule has 0 bridgehead atoms. The standard InChI is InChI=1S/C12H12ClN/c1-9(8-13)10-6-7-14-12-5-3-2-4-11(10)12/h2-7,9H,8H2,1H3/t9-/m1/s1. The van der Waals surface area contributed by atoms with Gasteiger partial charge in [0.25, 0.3) is 0 Å². The Hall–Kier alpha value is -1.08. The summed E-state index contributed by atoms with van der Waals surface area (Å²) in [4.78, 5) is 4.32. The van der Waals surface area contributed by atoms with Gasteiger partial charge in [0.1, 0.15) is 0 Å². The molecular formula is C12H12ClN. The maximum absolute atomic E-state index is 5.87. The van der Waals surface area contributed by atoms with Crippen molar-refractivity contribution in [1.82, 2.24) is 4.98 Å². The van der Waals surface area contributed by atoms with Gasteiger partial charge in [-0.05, 0) is 23.6 Å². The lowest BCUT2D eigenvalue weighted by Crippen LogP contribution is -1.96. The largest absolute Gasteiger partial charge is 0.256 e. The van der Waals surface area contributed by atoms with E-state index in [9.17, 15) is 0 Å². The fourth-order valence-corrected chi connectivity index (χ4v) is 1.80. The van der Waals surface area contributed by atoms with E-state index < -0.39 is 0 Å². The van der Waals surface area contributed by atoms with Crippen LogP contribution in [0.3, 0.4) is 0 Å². The predicted molar refractivity (Wildman–Crippen MR) is 60.9 cm³/mol. The van der Waals surface area contributed by atoms with Crippen LogP contribution in [0.2, 0.25) is 0 Å². The number of para-hydroxylation sites is 1. The summed E-state index contributed by atoms with van der Waals surface area (Å²) in [7, 11) is 0. The first-order valence-electron chi connectivity index (χ1n) is 4.72. The van der Waals surface area contributed by atoms with Crippen LogP contribution < -0.4 is 0 Å². The van der Waals surface area contributed by atoms with Gasteiger partial charge in [0, 0.05) is 17.5 Å². The van der Waals surface area contributed by atoms with Crippen molar-refractivity contribution in [2.75, 3.05) is 5.88 Å². The van der Waals surface area contributed by atoms with Crippen LogP contribution in [0.5, 0.6) is 0 Å². The number of rotatable bonds is 2. The number of halogens is 1. The topological polar surface area (TPSA) is 12.9 Å². The number of nitrogens with zero attached hydrogens (tertiary/aromatic N) is 1. The molecule has 0 amide bonds. The first-order valence-corrected chi connectivity index (χ1v) is 5.26. The Morgan fingerprint density at radius 1 is 1.29 bits per heavy atom. The molecule has 2 aromatic rings. The van der Waals surface area contributed by atoms with E-state index in [1.165, 1.54) is 10.9 Å². The molecule has 1 heterocycles. The van der Waals surface area contributed by atoms with Crippen molar-refractivity contribution < 1.29 is 0 Å². The van der Waals surface area contributed by atoms with E-state index in [1.54, 1.807) is 0 Å². The second-order valence-corrected chi connectivity index (χ2v) is 3.78. The predicted octanol–water partition coefficient (Wildman–Crippen LogP) is 3.58. The van der Waals surface area contributed by atoms with Crippen molar-refractivity contribution in [3.8, 4) is 0 Å². The molecule has 0 aliphatic heterocycles. The van der Waals surface area contributed by atoms with Gasteiger partial charge in [0.15, 0.2) is 0 Å². The third kappa shape index (κ3) is 1.60. The summed E-state index contributed by atoms with van der Waals surface area (Å²) in [6.45, 7) is 2.13. The van der Waals surface area contributed by atoms with E-state index in [1.807, 2.05) is 24.4 Å². The van der Waals surface area contributed by atoms with Crippen LogP contribution in [0.1, 0.15) is 18.4 Å². The van der Waals surface area contributed by atoms with Crippen molar-refractivity contribution in [1.29, 1.82) is 0 Å². The molecule has 0 unspecified atom stereocenters. The molecule has 14 heavy (non-hydrogen) atoms. The molecule has 1 atom stereocenters. The van der Waals surface area contributed by atoms with Gasteiger partial charge in [-0.15, -0.1) is 11.6 Å². The fourth-order valence-electron chi connectivity index (χ4n) is 1.63. The van der Waals surface area contributed by atoms with Gasteiger partial charge in [0.2, 0.25) is 0 Å². The molecule has 72 valence electrons. The molecule has 0 aliphatic rings. The number of hydrogen-bond acceptors (Lipinski definition) is 1. The minimum absolute atomic E-state index is 0.379. The van der Waals surface area contributed by atoms with Crippen molar-refractivity contribution in [3.05, 3.63) is 42.1 Å². The lowest BCUT2D eigenvalue weighted by molar-refractivity contribution is 0.883. The molecule has 0 radical (unpaired) electrons. The molecule has 0 saturated carbocycles. The molecule has 2 rings (SSSR count). The third-order valence-corrected chi connectivity index (χ3v) is 2.91. The highest BCUT2D eigenvalue weighted by Crippen LogP contribution is 2.24. The van der Waals surface area contributed by atoms with Crippen LogP contribution in [-0.2, 0) is 0 Å². The van der Waals surface area contributed by atoms with E-state index in [0.717, 1.165) is 5.52 Å². The molecule has 0 aliphatic carbocycles. The van der Waals surface area contributed by atoms with E-state index in [2.05, 4.69) is 24.0 Å². The highest BCUT2D eigenvalue weighted by Gasteiger charge is 2.07. The van der Waals surface area contributed by atoms with Gasteiger partial charge in [-0.2, -0.15) is 0 Å². The summed E-state index contributed by atoms with van der Waals surface area (Å²) in [6.07, 6.45) is 1.85. The molecule has 1 nitrogen and oxygen atoms in total. The average molecular weight is 206 g/mol. The zero-order valence-corrected chi connectivity index (χ0v) is 8.83. The quantitative estimate of drug-likeness (QED) is 0.683. The van der Waals surface area contributed by atoms with E-state index in [4.69, 9.17) is 11.6 Å². The van der Waals surface area contributed by atoms with Gasteiger partial charge in [-0.1, -0.05) is 25.1 Å². The number of aromatic nitrogens is 1. The molecule has 1 aromatic carbocycles. The second kappa shape index (κ2) is 3.97. The average Bonchev–Trinajstić information content (AvgIpc) is 2.27. The van der Waals surface area contributed by atoms with Crippen LogP contribution in [0.4, 0.5) is 0 Å². The summed E-state index contributed by atoms with van der Waals surface area (Å²) in [5.41, 5.74) is 2.33. The van der Waals surface area contributed by atoms with Crippen molar-refractivity contribution in [2.45, 2.75) is 12.8 Å². The summed E-state index contributed by atoms with van der Waals surface area (Å²) >= 11 is 5.87. The zero-order valence-electron chi connectivity index (χ0n) is 8.07. The van der Waals surface area contributed by atoms with Crippen LogP contribution in [-0.4, -0.2) is 10.9 Å². The lowest BCUT2D eigenvalue weighted by Gasteiger charge is -2.10. The summed E-state index contributed by atoms with van der Waals surface area (Å²) < 4.78 is 0. The van der Waals surface area contributed by atoms with Gasteiger partial charge in [-0.3, -0.25) is 4.98 Å². The van der Waals surface area contributed by atoms with Crippen molar-refractivity contribution in [2.24, 2.45) is 0 Å². The second-order valence-electron chi connectivity index (χ2n) is 3.47. The Bertz CT molecular complexity index is 434. The Morgan fingerprint density at radius 3 is 2.86 bits per heavy atom. The fraction of sp³-hybridized carbons (Fsp3) is 0.250. The third-order valence-electron chi connectivity index (χ3n) is 2.45. The van der Waals surface area contributed by atoms with Gasteiger partial charge >= 0.3 is 0 Å². The molecular weight excluding hydrogens is 194 g/mol. The Labute approximate surface area is 88.7 Å². The maximum atomic E-state index is 5.87. The Morgan fingerprint density at radius 2 is 2.07 bits per heavy atom. The van der Waals surface area contributed by atoms with Gasteiger partial charge < -0.3 is 0 Å². The summed E-state index contributed by atoms with van der Waals surface area (Å²) in [5.74, 6) is 1.03. The first-order chi connectivity index (χ1) is 6.83. The molecule has 0 N–H and O–H groups in total. The first kappa shape index (κ1) is 9.47. The Balaban J connectivity index is 2.65. The van der Waals surface area contributed by atoms with Crippen LogP contribution >= 0.6 is 11.6 Å². The molecule has 0 fully saturated rings. The summed E-state index contributed by atoms with van der Waals surface area (Å²) in [6, 6.07) is 10.2. The zero-order chi connectivity index (χ0) is 9.97. The number of hydrogen-bond donors (Lipinski definition) is 0. The lowest BCUT2D eigenvalue weighted by atomic mass is 9.99. The smallest absolute Gasteiger partial charge is 0.0704 e. The van der Waals surface area contributed by atoms with Crippen LogP contribution in [0.15, 0.2) is 36.5 Å². The highest BCUT2D eigenvalue weighted by atomic mass is 35.5. The molecule has 2 heteroatoms. The minimum atomic E-state index is 0.379. The maximum Gasteiger partial charge on any atom is 0.0704 e. The van der Waals surface area contributed by atoms with E-state index in [-0.39, 0.29) is 0 Å². The van der Waals surface area contributed by atoms with Crippen LogP contribution in [0.25, 0.3) is 10.9 Å².